The topological polar surface area (TPSA) is 105 Å². The summed E-state index contributed by atoms with van der Waals surface area (Å²) in [6.45, 7) is 1.95. The van der Waals surface area contributed by atoms with Crippen LogP contribution < -0.4 is 16.0 Å². The lowest BCUT2D eigenvalue weighted by Gasteiger charge is -2.38. The molecule has 210 valence electrons. The average molecular weight is 562 g/mol. The summed E-state index contributed by atoms with van der Waals surface area (Å²) in [6.07, 6.45) is 8.90. The Hall–Kier alpha value is -5.43. The fourth-order valence-corrected chi connectivity index (χ4v) is 4.93. The summed E-state index contributed by atoms with van der Waals surface area (Å²) in [5.41, 5.74) is 4.63. The number of aromatic nitrogens is 4. The van der Waals surface area contributed by atoms with E-state index in [0.717, 1.165) is 34.6 Å². The minimum atomic E-state index is -1.18. The molecule has 1 aliphatic rings. The van der Waals surface area contributed by atoms with Gasteiger partial charge in [0, 0.05) is 36.4 Å². The van der Waals surface area contributed by atoms with Gasteiger partial charge in [-0.05, 0) is 79.8 Å². The molecule has 0 aliphatic heterocycles. The van der Waals surface area contributed by atoms with Gasteiger partial charge in [-0.2, -0.15) is 5.10 Å². The maximum atomic E-state index is 13.4. The number of carbonyl (C=O) groups is 2. The molecule has 42 heavy (non-hydrogen) atoms. The summed E-state index contributed by atoms with van der Waals surface area (Å²) < 4.78 is 16.9. The number of rotatable bonds is 6. The highest BCUT2D eigenvalue weighted by atomic mass is 19.1. The number of pyridine rings is 1. The number of halogens is 1. The van der Waals surface area contributed by atoms with Crippen LogP contribution in [-0.4, -0.2) is 31.0 Å². The molecule has 6 rings (SSSR count). The minimum absolute atomic E-state index is 0.369. The lowest BCUT2D eigenvalue weighted by atomic mass is 9.67. The maximum Gasteiger partial charge on any atom is 0.240 e. The number of fused-ring (bicyclic) bond motifs is 1. The van der Waals surface area contributed by atoms with Crippen LogP contribution in [0.25, 0.3) is 5.65 Å². The second-order valence-electron chi connectivity index (χ2n) is 10.4. The number of hydrogen-bond acceptors (Lipinski definition) is 5. The highest BCUT2D eigenvalue weighted by molar-refractivity contribution is 6.15. The fourth-order valence-electron chi connectivity index (χ4n) is 4.93. The van der Waals surface area contributed by atoms with E-state index in [1.165, 1.54) is 24.3 Å². The molecule has 1 saturated carbocycles. The number of hydrogen-bond donors (Lipinski definition) is 3. The van der Waals surface area contributed by atoms with Crippen molar-refractivity contribution in [3.05, 3.63) is 102 Å². The van der Waals surface area contributed by atoms with E-state index in [4.69, 9.17) is 0 Å². The van der Waals surface area contributed by atoms with Crippen molar-refractivity contribution in [2.24, 2.45) is 12.5 Å². The van der Waals surface area contributed by atoms with Gasteiger partial charge >= 0.3 is 0 Å². The van der Waals surface area contributed by atoms with Crippen LogP contribution in [0, 0.1) is 30.0 Å². The van der Waals surface area contributed by atoms with E-state index in [0.29, 0.717) is 29.9 Å². The summed E-state index contributed by atoms with van der Waals surface area (Å²) in [4.78, 5) is 31.0. The molecule has 9 nitrogen and oxygen atoms in total. The Balaban J connectivity index is 1.20. The van der Waals surface area contributed by atoms with Gasteiger partial charge in [-0.15, -0.1) is 0 Å². The smallest absolute Gasteiger partial charge is 0.240 e. The van der Waals surface area contributed by atoms with Crippen molar-refractivity contribution >= 4 is 40.2 Å². The monoisotopic (exact) mass is 561 g/mol. The van der Waals surface area contributed by atoms with Gasteiger partial charge in [0.05, 0.1) is 23.8 Å². The lowest BCUT2D eigenvalue weighted by Crippen LogP contribution is -2.50. The predicted molar refractivity (Wildman–Crippen MR) is 159 cm³/mol. The standard InChI is InChI=1S/C32H28FN7O2/c1-21-6-10-25(38-31(42)32(14-4-15-32)30(41)37-24-11-8-23(33)9-12-24)17-22(21)7-13-27-19-34-29-28(5-3-16-40(27)29)36-26-18-35-39(2)20-26/h3,5-6,8-12,16-20,36H,4,14-15H2,1-2H3,(H,37,41)(H,38,42). The largest absolute Gasteiger partial charge is 0.350 e. The molecule has 0 unspecified atom stereocenters. The Labute approximate surface area is 241 Å². The third kappa shape index (κ3) is 5.20. The average Bonchev–Trinajstić information content (AvgIpc) is 3.55. The molecule has 1 fully saturated rings. The second kappa shape index (κ2) is 10.9. The molecule has 10 heteroatoms. The molecule has 0 atom stereocenters. The first-order chi connectivity index (χ1) is 20.3. The van der Waals surface area contributed by atoms with Crippen LogP contribution in [0.15, 0.2) is 79.4 Å². The first kappa shape index (κ1) is 26.8. The lowest BCUT2D eigenvalue weighted by molar-refractivity contribution is -0.142. The van der Waals surface area contributed by atoms with E-state index < -0.39 is 17.1 Å². The quantitative estimate of drug-likeness (QED) is 0.190. The van der Waals surface area contributed by atoms with Crippen molar-refractivity contribution in [3.63, 3.8) is 0 Å². The zero-order chi connectivity index (χ0) is 29.3. The van der Waals surface area contributed by atoms with Crippen molar-refractivity contribution in [2.75, 3.05) is 16.0 Å². The van der Waals surface area contributed by atoms with E-state index in [1.54, 1.807) is 23.1 Å². The third-order valence-electron chi connectivity index (χ3n) is 7.52. The highest BCUT2D eigenvalue weighted by Gasteiger charge is 2.50. The second-order valence-corrected chi connectivity index (χ2v) is 10.4. The zero-order valence-electron chi connectivity index (χ0n) is 23.1. The fraction of sp³-hybridized carbons (Fsp3) is 0.188. The van der Waals surface area contributed by atoms with Gasteiger partial charge in [0.1, 0.15) is 16.9 Å². The number of nitrogens with one attached hydrogen (secondary N) is 3. The summed E-state index contributed by atoms with van der Waals surface area (Å²) in [5, 5.41) is 13.2. The van der Waals surface area contributed by atoms with Gasteiger partial charge in [-0.3, -0.25) is 18.7 Å². The van der Waals surface area contributed by atoms with Gasteiger partial charge in [-0.1, -0.05) is 18.4 Å². The molecule has 3 N–H and O–H groups in total. The highest BCUT2D eigenvalue weighted by Crippen LogP contribution is 2.43. The Kier molecular flexibility index (Phi) is 6.92. The van der Waals surface area contributed by atoms with Crippen LogP contribution in [-0.2, 0) is 16.6 Å². The first-order valence-corrected chi connectivity index (χ1v) is 13.5. The van der Waals surface area contributed by atoms with Crippen LogP contribution >= 0.6 is 0 Å². The molecule has 1 aliphatic carbocycles. The number of imidazole rings is 1. The van der Waals surface area contributed by atoms with E-state index >= 15 is 0 Å². The molecule has 0 bridgehead atoms. The number of anilines is 4. The first-order valence-electron chi connectivity index (χ1n) is 13.5. The van der Waals surface area contributed by atoms with Gasteiger partial charge in [0.25, 0.3) is 0 Å². The van der Waals surface area contributed by atoms with E-state index in [2.05, 4.69) is 37.9 Å². The molecule has 5 aromatic rings. The van der Waals surface area contributed by atoms with Crippen molar-refractivity contribution in [2.45, 2.75) is 26.2 Å². The van der Waals surface area contributed by atoms with Crippen molar-refractivity contribution in [3.8, 4) is 11.8 Å². The summed E-state index contributed by atoms with van der Waals surface area (Å²) in [5.74, 6) is 5.26. The Morgan fingerprint density at radius 3 is 2.38 bits per heavy atom. The Morgan fingerprint density at radius 1 is 0.952 bits per heavy atom. The van der Waals surface area contributed by atoms with E-state index in [9.17, 15) is 14.0 Å². The number of amides is 2. The van der Waals surface area contributed by atoms with Gasteiger partial charge < -0.3 is 16.0 Å². The van der Waals surface area contributed by atoms with Crippen LogP contribution in [0.2, 0.25) is 0 Å². The third-order valence-corrected chi connectivity index (χ3v) is 7.52. The summed E-state index contributed by atoms with van der Waals surface area (Å²) >= 11 is 0. The number of carbonyl (C=O) groups excluding carboxylic acids is 2. The van der Waals surface area contributed by atoms with Crippen molar-refractivity contribution in [1.29, 1.82) is 0 Å². The molecule has 2 amide bonds. The number of benzene rings is 2. The molecule has 3 aromatic heterocycles. The molecule has 0 spiro atoms. The summed E-state index contributed by atoms with van der Waals surface area (Å²) in [7, 11) is 1.86. The predicted octanol–water partition coefficient (Wildman–Crippen LogP) is 5.41. The Bertz CT molecular complexity index is 1870. The minimum Gasteiger partial charge on any atom is -0.350 e. The molecule has 0 radical (unpaired) electrons. The molecule has 3 heterocycles. The van der Waals surface area contributed by atoms with Crippen LogP contribution in [0.3, 0.4) is 0 Å². The number of aryl methyl sites for hydroxylation is 2. The number of nitrogens with zero attached hydrogens (tertiary/aromatic N) is 4. The van der Waals surface area contributed by atoms with Crippen LogP contribution in [0.5, 0.6) is 0 Å². The van der Waals surface area contributed by atoms with Crippen molar-refractivity contribution < 1.29 is 14.0 Å². The van der Waals surface area contributed by atoms with Crippen LogP contribution in [0.1, 0.15) is 36.1 Å². The zero-order valence-corrected chi connectivity index (χ0v) is 23.1. The van der Waals surface area contributed by atoms with Gasteiger partial charge in [0.15, 0.2) is 5.65 Å². The molecular formula is C32H28FN7O2. The molecular weight excluding hydrogens is 533 g/mol. The van der Waals surface area contributed by atoms with Gasteiger partial charge in [0.2, 0.25) is 11.8 Å². The van der Waals surface area contributed by atoms with Gasteiger partial charge in [-0.25, -0.2) is 9.37 Å². The normalized spacial score (nSPS) is 13.5. The van der Waals surface area contributed by atoms with E-state index in [-0.39, 0.29) is 5.91 Å². The molecule has 0 saturated heterocycles. The molecule has 2 aromatic carbocycles. The summed E-state index contributed by atoms with van der Waals surface area (Å²) in [6, 6.07) is 14.8. The maximum absolute atomic E-state index is 13.4. The van der Waals surface area contributed by atoms with E-state index in [1.807, 2.05) is 55.0 Å². The van der Waals surface area contributed by atoms with Crippen LogP contribution in [0.4, 0.5) is 27.1 Å². The SMILES string of the molecule is Cc1ccc(NC(=O)C2(C(=O)Nc3ccc(F)cc3)CCC2)cc1C#Cc1cnc2c(Nc3cnn(C)c3)cccn12. The van der Waals surface area contributed by atoms with Crippen molar-refractivity contribution in [1.82, 2.24) is 19.2 Å². The Morgan fingerprint density at radius 2 is 1.69 bits per heavy atom.